The molecule has 0 aliphatic carbocycles. The molecule has 2 rings (SSSR count). The van der Waals surface area contributed by atoms with Gasteiger partial charge in [-0.25, -0.2) is 8.42 Å². The van der Waals surface area contributed by atoms with Crippen molar-refractivity contribution in [3.05, 3.63) is 18.2 Å². The van der Waals surface area contributed by atoms with E-state index in [1.807, 2.05) is 0 Å². The van der Waals surface area contributed by atoms with Crippen molar-refractivity contribution >= 4 is 21.7 Å². The zero-order valence-corrected chi connectivity index (χ0v) is 12.7. The Labute approximate surface area is 123 Å². The molecule has 1 aliphatic heterocycles. The number of rotatable bonds is 4. The van der Waals surface area contributed by atoms with E-state index in [4.69, 9.17) is 10.5 Å². The van der Waals surface area contributed by atoms with Crippen LogP contribution in [-0.2, 0) is 19.6 Å². The van der Waals surface area contributed by atoms with E-state index in [-0.39, 0.29) is 23.7 Å². The highest BCUT2D eigenvalue weighted by Crippen LogP contribution is 2.31. The molecule has 7 nitrogen and oxygen atoms in total. The smallest absolute Gasteiger partial charge is 0.310 e. The summed E-state index contributed by atoms with van der Waals surface area (Å²) in [6.45, 7) is 0.368. The fourth-order valence-corrected chi connectivity index (χ4v) is 4.03. The van der Waals surface area contributed by atoms with Crippen molar-refractivity contribution in [3.63, 3.8) is 0 Å². The van der Waals surface area contributed by atoms with E-state index in [1.54, 1.807) is 6.07 Å². The average molecular weight is 314 g/mol. The van der Waals surface area contributed by atoms with Gasteiger partial charge < -0.3 is 15.2 Å². The van der Waals surface area contributed by atoms with Crippen molar-refractivity contribution < 1.29 is 22.7 Å². The maximum atomic E-state index is 12.7. The van der Waals surface area contributed by atoms with Crippen LogP contribution < -0.4 is 10.5 Å². The molecule has 116 valence electrons. The van der Waals surface area contributed by atoms with Gasteiger partial charge in [-0.15, -0.1) is 0 Å². The molecule has 0 aromatic heterocycles. The summed E-state index contributed by atoms with van der Waals surface area (Å²) in [4.78, 5) is 11.5. The molecule has 0 radical (unpaired) electrons. The van der Waals surface area contributed by atoms with E-state index in [2.05, 4.69) is 4.74 Å². The zero-order chi connectivity index (χ0) is 15.6. The molecule has 0 bridgehead atoms. The maximum absolute atomic E-state index is 12.7. The Morgan fingerprint density at radius 1 is 1.38 bits per heavy atom. The van der Waals surface area contributed by atoms with Gasteiger partial charge in [0.15, 0.2) is 0 Å². The minimum Gasteiger partial charge on any atom is -0.495 e. The quantitative estimate of drug-likeness (QED) is 0.640. The standard InChI is InChI=1S/C13H18N2O5S/c1-19-11-4-3-10(14)7-12(11)21(17,18)15-6-5-9(8-15)13(16)20-2/h3-4,7,9H,5-6,8,14H2,1-2H3. The topological polar surface area (TPSA) is 98.9 Å². The van der Waals surface area contributed by atoms with Gasteiger partial charge in [-0.05, 0) is 24.6 Å². The molecule has 1 saturated heterocycles. The molecule has 0 saturated carbocycles. The van der Waals surface area contributed by atoms with Crippen LogP contribution in [-0.4, -0.2) is 46.0 Å². The Balaban J connectivity index is 2.31. The summed E-state index contributed by atoms with van der Waals surface area (Å²) in [5.41, 5.74) is 5.99. The molecule has 1 aromatic rings. The molecule has 0 spiro atoms. The molecule has 1 heterocycles. The molecule has 1 aromatic carbocycles. The third-order valence-corrected chi connectivity index (χ3v) is 5.38. The van der Waals surface area contributed by atoms with Crippen LogP contribution in [0.2, 0.25) is 0 Å². The van der Waals surface area contributed by atoms with Crippen molar-refractivity contribution in [3.8, 4) is 5.75 Å². The van der Waals surface area contributed by atoms with Crippen LogP contribution in [0, 0.1) is 5.92 Å². The molecule has 8 heteroatoms. The summed E-state index contributed by atoms with van der Waals surface area (Å²) >= 11 is 0. The number of anilines is 1. The first kappa shape index (κ1) is 15.6. The molecule has 1 fully saturated rings. The van der Waals surface area contributed by atoms with Crippen LogP contribution in [0.5, 0.6) is 5.75 Å². The maximum Gasteiger partial charge on any atom is 0.310 e. The van der Waals surface area contributed by atoms with Crippen molar-refractivity contribution in [1.29, 1.82) is 0 Å². The fourth-order valence-electron chi connectivity index (χ4n) is 2.34. The van der Waals surface area contributed by atoms with E-state index in [0.717, 1.165) is 0 Å². The summed E-state index contributed by atoms with van der Waals surface area (Å²) < 4.78 is 36.3. The Kier molecular flexibility index (Phi) is 4.38. The number of hydrogen-bond acceptors (Lipinski definition) is 6. The van der Waals surface area contributed by atoms with Crippen molar-refractivity contribution in [1.82, 2.24) is 4.31 Å². The first-order valence-electron chi connectivity index (χ1n) is 6.41. The number of carbonyl (C=O) groups excluding carboxylic acids is 1. The van der Waals surface area contributed by atoms with E-state index < -0.39 is 21.9 Å². The second kappa shape index (κ2) is 5.90. The number of esters is 1. The number of ether oxygens (including phenoxy) is 2. The number of carbonyl (C=O) groups is 1. The summed E-state index contributed by atoms with van der Waals surface area (Å²) in [5.74, 6) is -0.602. The normalized spacial score (nSPS) is 19.4. The molecule has 21 heavy (non-hydrogen) atoms. The van der Waals surface area contributed by atoms with Gasteiger partial charge in [-0.2, -0.15) is 4.31 Å². The van der Waals surface area contributed by atoms with Gasteiger partial charge in [-0.1, -0.05) is 0 Å². The SMILES string of the molecule is COC(=O)C1CCN(S(=O)(=O)c2cc(N)ccc2OC)C1. The molecule has 1 atom stereocenters. The van der Waals surface area contributed by atoms with Gasteiger partial charge in [0.05, 0.1) is 20.1 Å². The van der Waals surface area contributed by atoms with Gasteiger partial charge >= 0.3 is 5.97 Å². The number of nitrogen functional groups attached to an aromatic ring is 1. The van der Waals surface area contributed by atoms with E-state index in [0.29, 0.717) is 12.1 Å². The monoisotopic (exact) mass is 314 g/mol. The lowest BCUT2D eigenvalue weighted by molar-refractivity contribution is -0.144. The van der Waals surface area contributed by atoms with Crippen molar-refractivity contribution in [2.24, 2.45) is 5.92 Å². The number of benzene rings is 1. The molecule has 1 unspecified atom stereocenters. The van der Waals surface area contributed by atoms with Crippen LogP contribution in [0.1, 0.15) is 6.42 Å². The van der Waals surface area contributed by atoms with Gasteiger partial charge in [0, 0.05) is 18.8 Å². The molecular weight excluding hydrogens is 296 g/mol. The zero-order valence-electron chi connectivity index (χ0n) is 11.9. The lowest BCUT2D eigenvalue weighted by Gasteiger charge is -2.18. The summed E-state index contributed by atoms with van der Waals surface area (Å²) in [7, 11) is -1.07. The third-order valence-electron chi connectivity index (χ3n) is 3.49. The van der Waals surface area contributed by atoms with Crippen LogP contribution in [0.3, 0.4) is 0 Å². The largest absolute Gasteiger partial charge is 0.495 e. The first-order chi connectivity index (χ1) is 9.90. The summed E-state index contributed by atoms with van der Waals surface area (Å²) in [6.07, 6.45) is 0.441. The van der Waals surface area contributed by atoms with Gasteiger partial charge in [0.1, 0.15) is 10.6 Å². The Hall–Kier alpha value is -1.80. The predicted molar refractivity (Wildman–Crippen MR) is 76.3 cm³/mol. The van der Waals surface area contributed by atoms with E-state index >= 15 is 0 Å². The molecule has 1 aliphatic rings. The summed E-state index contributed by atoms with van der Waals surface area (Å²) in [5, 5.41) is 0. The molecular formula is C13H18N2O5S. The highest BCUT2D eigenvalue weighted by Gasteiger charge is 2.37. The Morgan fingerprint density at radius 3 is 2.71 bits per heavy atom. The van der Waals surface area contributed by atoms with Crippen LogP contribution in [0.15, 0.2) is 23.1 Å². The molecule has 2 N–H and O–H groups in total. The minimum absolute atomic E-state index is 0.00974. The first-order valence-corrected chi connectivity index (χ1v) is 7.85. The van der Waals surface area contributed by atoms with E-state index in [9.17, 15) is 13.2 Å². The predicted octanol–water partition coefficient (Wildman–Crippen LogP) is 0.461. The van der Waals surface area contributed by atoms with Crippen LogP contribution in [0.25, 0.3) is 0 Å². The molecule has 0 amide bonds. The fraction of sp³-hybridized carbons (Fsp3) is 0.462. The second-order valence-corrected chi connectivity index (χ2v) is 6.69. The minimum atomic E-state index is -3.76. The van der Waals surface area contributed by atoms with Crippen molar-refractivity contribution in [2.75, 3.05) is 33.0 Å². The number of nitrogens with zero attached hydrogens (tertiary/aromatic N) is 1. The lowest BCUT2D eigenvalue weighted by Crippen LogP contribution is -2.30. The second-order valence-electron chi connectivity index (χ2n) is 4.78. The average Bonchev–Trinajstić information content (AvgIpc) is 2.97. The summed E-state index contributed by atoms with van der Waals surface area (Å²) in [6, 6.07) is 4.44. The Bertz CT molecular complexity index is 644. The number of methoxy groups -OCH3 is 2. The highest BCUT2D eigenvalue weighted by molar-refractivity contribution is 7.89. The number of nitrogens with two attached hydrogens (primary N) is 1. The lowest BCUT2D eigenvalue weighted by atomic mass is 10.1. The Morgan fingerprint density at radius 2 is 2.10 bits per heavy atom. The number of sulfonamides is 1. The van der Waals surface area contributed by atoms with E-state index in [1.165, 1.54) is 30.7 Å². The highest BCUT2D eigenvalue weighted by atomic mass is 32.2. The third kappa shape index (κ3) is 2.96. The van der Waals surface area contributed by atoms with Crippen LogP contribution >= 0.6 is 0 Å². The van der Waals surface area contributed by atoms with Gasteiger partial charge in [0.2, 0.25) is 10.0 Å². The van der Waals surface area contributed by atoms with Crippen LogP contribution in [0.4, 0.5) is 5.69 Å². The number of hydrogen-bond donors (Lipinski definition) is 1. The van der Waals surface area contributed by atoms with Crippen molar-refractivity contribution in [2.45, 2.75) is 11.3 Å². The van der Waals surface area contributed by atoms with Gasteiger partial charge in [-0.3, -0.25) is 4.79 Å². The van der Waals surface area contributed by atoms with Gasteiger partial charge in [0.25, 0.3) is 0 Å².